The van der Waals surface area contributed by atoms with Crippen molar-refractivity contribution >= 4 is 5.91 Å². The Bertz CT molecular complexity index is 691. The van der Waals surface area contributed by atoms with Crippen molar-refractivity contribution in [3.63, 3.8) is 0 Å². The molecule has 23 heavy (non-hydrogen) atoms. The second kappa shape index (κ2) is 6.54. The standard InChI is InChI=1S/C16H22N4O3/c1-10-7-11(2)23-15(10)16(22)17-13-5-3-4-6-14(13)20-8-12(9-21)18-19-20/h7-8,13-14,21H,3-6,9H2,1-2H3,(H,17,22)/t13-,14+/m0/s1. The SMILES string of the molecule is Cc1cc(C)c(C(=O)N[C@H]2CCCC[C@H]2n2cc(CO)nn2)o1. The third-order valence-electron chi connectivity index (χ3n) is 4.35. The quantitative estimate of drug-likeness (QED) is 0.898. The molecule has 2 heterocycles. The molecule has 0 spiro atoms. The summed E-state index contributed by atoms with van der Waals surface area (Å²) in [5, 5.41) is 20.3. The van der Waals surface area contributed by atoms with Gasteiger partial charge in [0.2, 0.25) is 0 Å². The summed E-state index contributed by atoms with van der Waals surface area (Å²) in [7, 11) is 0. The largest absolute Gasteiger partial charge is 0.456 e. The number of furan rings is 1. The molecule has 1 saturated carbocycles. The van der Waals surface area contributed by atoms with Gasteiger partial charge in [-0.1, -0.05) is 18.1 Å². The predicted octanol–water partition coefficient (Wildman–Crippen LogP) is 1.89. The Morgan fingerprint density at radius 1 is 1.43 bits per heavy atom. The van der Waals surface area contributed by atoms with Gasteiger partial charge in [0.25, 0.3) is 5.91 Å². The first-order valence-corrected chi connectivity index (χ1v) is 7.98. The van der Waals surface area contributed by atoms with E-state index in [0.717, 1.165) is 37.0 Å². The van der Waals surface area contributed by atoms with Crippen LogP contribution in [0.2, 0.25) is 0 Å². The molecule has 0 aromatic carbocycles. The van der Waals surface area contributed by atoms with E-state index in [1.807, 2.05) is 19.9 Å². The Balaban J connectivity index is 1.76. The molecule has 2 aromatic rings. The normalized spacial score (nSPS) is 21.3. The molecular formula is C16H22N4O3. The fourth-order valence-corrected chi connectivity index (χ4v) is 3.24. The van der Waals surface area contributed by atoms with Crippen molar-refractivity contribution in [2.45, 2.75) is 58.2 Å². The van der Waals surface area contributed by atoms with Crippen LogP contribution in [0.4, 0.5) is 0 Å². The lowest BCUT2D eigenvalue weighted by molar-refractivity contribution is 0.0874. The minimum Gasteiger partial charge on any atom is -0.456 e. The van der Waals surface area contributed by atoms with Gasteiger partial charge in [-0.3, -0.25) is 4.79 Å². The van der Waals surface area contributed by atoms with E-state index in [9.17, 15) is 4.79 Å². The first-order valence-electron chi connectivity index (χ1n) is 7.98. The Morgan fingerprint density at radius 3 is 2.87 bits per heavy atom. The molecule has 7 nitrogen and oxygen atoms in total. The summed E-state index contributed by atoms with van der Waals surface area (Å²) in [4.78, 5) is 12.5. The van der Waals surface area contributed by atoms with Gasteiger partial charge in [0.15, 0.2) is 5.76 Å². The summed E-state index contributed by atoms with van der Waals surface area (Å²) < 4.78 is 7.26. The minimum absolute atomic E-state index is 0.0192. The minimum atomic E-state index is -0.185. The van der Waals surface area contributed by atoms with Gasteiger partial charge >= 0.3 is 0 Å². The highest BCUT2D eigenvalue weighted by Crippen LogP contribution is 2.28. The summed E-state index contributed by atoms with van der Waals surface area (Å²) in [6, 6.07) is 1.89. The van der Waals surface area contributed by atoms with E-state index in [1.54, 1.807) is 10.9 Å². The van der Waals surface area contributed by atoms with E-state index in [1.165, 1.54) is 0 Å². The van der Waals surface area contributed by atoms with Crippen LogP contribution in [-0.4, -0.2) is 32.0 Å². The van der Waals surface area contributed by atoms with Gasteiger partial charge in [0.1, 0.15) is 11.5 Å². The van der Waals surface area contributed by atoms with E-state index in [0.29, 0.717) is 11.5 Å². The summed E-state index contributed by atoms with van der Waals surface area (Å²) in [5.41, 5.74) is 1.38. The van der Waals surface area contributed by atoms with Crippen molar-refractivity contribution in [3.05, 3.63) is 35.0 Å². The summed E-state index contributed by atoms with van der Waals surface area (Å²) in [6.45, 7) is 3.57. The molecule has 2 N–H and O–H groups in total. The van der Waals surface area contributed by atoms with Crippen molar-refractivity contribution in [1.29, 1.82) is 0 Å². The lowest BCUT2D eigenvalue weighted by Gasteiger charge is -2.31. The molecule has 0 radical (unpaired) electrons. The molecule has 0 bridgehead atoms. The van der Waals surface area contributed by atoms with Gasteiger partial charge in [-0.05, 0) is 32.8 Å². The molecule has 0 unspecified atom stereocenters. The maximum atomic E-state index is 12.5. The number of rotatable bonds is 4. The first kappa shape index (κ1) is 15.7. The molecule has 2 atom stereocenters. The van der Waals surface area contributed by atoms with Crippen LogP contribution in [0.5, 0.6) is 0 Å². The number of aromatic nitrogens is 3. The number of aliphatic hydroxyl groups is 1. The molecule has 124 valence electrons. The third kappa shape index (κ3) is 3.29. The van der Waals surface area contributed by atoms with Crippen LogP contribution >= 0.6 is 0 Å². The Hall–Kier alpha value is -2.15. The van der Waals surface area contributed by atoms with Gasteiger partial charge in [0, 0.05) is 5.56 Å². The number of aryl methyl sites for hydroxylation is 2. The second-order valence-corrected chi connectivity index (χ2v) is 6.15. The average Bonchev–Trinajstić information content (AvgIpc) is 3.14. The molecule has 1 amide bonds. The fraction of sp³-hybridized carbons (Fsp3) is 0.562. The fourth-order valence-electron chi connectivity index (χ4n) is 3.24. The lowest BCUT2D eigenvalue weighted by atomic mass is 9.90. The highest BCUT2D eigenvalue weighted by Gasteiger charge is 2.30. The Morgan fingerprint density at radius 2 is 2.22 bits per heavy atom. The van der Waals surface area contributed by atoms with Crippen molar-refractivity contribution in [1.82, 2.24) is 20.3 Å². The maximum absolute atomic E-state index is 12.5. The van der Waals surface area contributed by atoms with Gasteiger partial charge < -0.3 is 14.8 Å². The zero-order chi connectivity index (χ0) is 16.4. The highest BCUT2D eigenvalue weighted by molar-refractivity contribution is 5.93. The second-order valence-electron chi connectivity index (χ2n) is 6.15. The number of aliphatic hydroxyl groups excluding tert-OH is 1. The molecule has 7 heteroatoms. The number of hydrogen-bond donors (Lipinski definition) is 2. The number of amides is 1. The van der Waals surface area contributed by atoms with Crippen LogP contribution in [0.15, 0.2) is 16.7 Å². The summed E-state index contributed by atoms with van der Waals surface area (Å²) in [5.74, 6) is 0.924. The Kier molecular flexibility index (Phi) is 4.47. The molecule has 2 aromatic heterocycles. The van der Waals surface area contributed by atoms with E-state index in [4.69, 9.17) is 9.52 Å². The van der Waals surface area contributed by atoms with Crippen LogP contribution in [0.1, 0.15) is 59.3 Å². The van der Waals surface area contributed by atoms with Crippen LogP contribution in [0.3, 0.4) is 0 Å². The number of hydrogen-bond acceptors (Lipinski definition) is 5. The lowest BCUT2D eigenvalue weighted by Crippen LogP contribution is -2.43. The molecule has 0 aliphatic heterocycles. The molecular weight excluding hydrogens is 296 g/mol. The zero-order valence-corrected chi connectivity index (χ0v) is 13.5. The van der Waals surface area contributed by atoms with Crippen LogP contribution < -0.4 is 5.32 Å². The molecule has 1 aliphatic carbocycles. The van der Waals surface area contributed by atoms with E-state index >= 15 is 0 Å². The Labute approximate surface area is 134 Å². The number of nitrogens with zero attached hydrogens (tertiary/aromatic N) is 3. The van der Waals surface area contributed by atoms with E-state index in [2.05, 4.69) is 15.6 Å². The van der Waals surface area contributed by atoms with Crippen molar-refractivity contribution in [2.24, 2.45) is 0 Å². The van der Waals surface area contributed by atoms with E-state index < -0.39 is 0 Å². The summed E-state index contributed by atoms with van der Waals surface area (Å²) >= 11 is 0. The van der Waals surface area contributed by atoms with Crippen LogP contribution in [0, 0.1) is 13.8 Å². The van der Waals surface area contributed by atoms with Gasteiger partial charge in [0.05, 0.1) is 24.9 Å². The molecule has 1 aliphatic rings. The van der Waals surface area contributed by atoms with Crippen LogP contribution in [-0.2, 0) is 6.61 Å². The predicted molar refractivity (Wildman–Crippen MR) is 82.9 cm³/mol. The number of carbonyl (C=O) groups is 1. The first-order chi connectivity index (χ1) is 11.1. The third-order valence-corrected chi connectivity index (χ3v) is 4.35. The zero-order valence-electron chi connectivity index (χ0n) is 13.5. The topological polar surface area (TPSA) is 93.2 Å². The van der Waals surface area contributed by atoms with Crippen molar-refractivity contribution in [3.8, 4) is 0 Å². The summed E-state index contributed by atoms with van der Waals surface area (Å²) in [6.07, 6.45) is 5.72. The smallest absolute Gasteiger partial charge is 0.287 e. The number of nitrogens with one attached hydrogen (secondary N) is 1. The van der Waals surface area contributed by atoms with Gasteiger partial charge in [-0.15, -0.1) is 5.10 Å². The average molecular weight is 318 g/mol. The maximum Gasteiger partial charge on any atom is 0.287 e. The van der Waals surface area contributed by atoms with Gasteiger partial charge in [-0.2, -0.15) is 0 Å². The van der Waals surface area contributed by atoms with Crippen molar-refractivity contribution < 1.29 is 14.3 Å². The number of carbonyl (C=O) groups excluding carboxylic acids is 1. The molecule has 0 saturated heterocycles. The molecule has 1 fully saturated rings. The van der Waals surface area contributed by atoms with Gasteiger partial charge in [-0.25, -0.2) is 4.68 Å². The molecule has 3 rings (SSSR count). The van der Waals surface area contributed by atoms with Crippen LogP contribution in [0.25, 0.3) is 0 Å². The van der Waals surface area contributed by atoms with E-state index in [-0.39, 0.29) is 24.6 Å². The highest BCUT2D eigenvalue weighted by atomic mass is 16.3. The van der Waals surface area contributed by atoms with Crippen molar-refractivity contribution in [2.75, 3.05) is 0 Å². The monoisotopic (exact) mass is 318 g/mol.